The SMILES string of the molecule is COC1=CC(CO)=C(c2ccc(C3(C(=O)Nc4ccc(F)cc4)COC3)cc2)CC1. The fourth-order valence-corrected chi connectivity index (χ4v) is 3.90. The third kappa shape index (κ3) is 3.76. The average Bonchev–Trinajstić information content (AvgIpc) is 2.74. The van der Waals surface area contributed by atoms with Gasteiger partial charge in [0.2, 0.25) is 5.91 Å². The smallest absolute Gasteiger partial charge is 0.239 e. The number of allylic oxidation sites excluding steroid dienone is 2. The van der Waals surface area contributed by atoms with Crippen molar-refractivity contribution in [2.45, 2.75) is 18.3 Å². The summed E-state index contributed by atoms with van der Waals surface area (Å²) in [7, 11) is 1.64. The van der Waals surface area contributed by atoms with E-state index in [9.17, 15) is 14.3 Å². The molecule has 2 aromatic rings. The predicted molar refractivity (Wildman–Crippen MR) is 112 cm³/mol. The highest BCUT2D eigenvalue weighted by Gasteiger charge is 2.47. The van der Waals surface area contributed by atoms with E-state index >= 15 is 0 Å². The van der Waals surface area contributed by atoms with Crippen molar-refractivity contribution in [1.29, 1.82) is 0 Å². The lowest BCUT2D eigenvalue weighted by Crippen LogP contribution is -2.55. The number of benzene rings is 2. The molecule has 0 spiro atoms. The zero-order chi connectivity index (χ0) is 21.1. The highest BCUT2D eigenvalue weighted by Crippen LogP contribution is 2.36. The molecule has 1 amide bonds. The molecule has 2 aliphatic rings. The standard InChI is InChI=1S/C24H24FNO4/c1-29-21-10-11-22(17(12-21)13-27)16-2-4-18(5-3-16)24(14-30-15-24)23(28)26-20-8-6-19(25)7-9-20/h2-9,12,27H,10-11,13-15H2,1H3,(H,26,28). The quantitative estimate of drug-likeness (QED) is 0.762. The Kier molecular flexibility index (Phi) is 5.70. The van der Waals surface area contributed by atoms with Crippen LogP contribution in [0, 0.1) is 5.82 Å². The first-order chi connectivity index (χ1) is 14.6. The number of nitrogens with one attached hydrogen (secondary N) is 1. The van der Waals surface area contributed by atoms with Gasteiger partial charge in [0.15, 0.2) is 0 Å². The molecule has 2 N–H and O–H groups in total. The number of halogens is 1. The molecular weight excluding hydrogens is 385 g/mol. The molecule has 30 heavy (non-hydrogen) atoms. The number of hydrogen-bond donors (Lipinski definition) is 2. The fourth-order valence-electron chi connectivity index (χ4n) is 3.90. The first-order valence-electron chi connectivity index (χ1n) is 9.89. The molecule has 0 unspecified atom stereocenters. The number of rotatable bonds is 6. The molecule has 0 radical (unpaired) electrons. The summed E-state index contributed by atoms with van der Waals surface area (Å²) in [6.07, 6.45) is 3.47. The van der Waals surface area contributed by atoms with Crippen LogP contribution in [0.15, 0.2) is 65.9 Å². The second-order valence-corrected chi connectivity index (χ2v) is 7.59. The van der Waals surface area contributed by atoms with Crippen molar-refractivity contribution < 1.29 is 23.8 Å². The van der Waals surface area contributed by atoms with E-state index in [1.165, 1.54) is 24.3 Å². The maximum Gasteiger partial charge on any atom is 0.239 e. The summed E-state index contributed by atoms with van der Waals surface area (Å²) in [5.41, 5.74) is 3.60. The number of aliphatic hydroxyl groups excluding tert-OH is 1. The van der Waals surface area contributed by atoms with Gasteiger partial charge in [-0.25, -0.2) is 4.39 Å². The van der Waals surface area contributed by atoms with Gasteiger partial charge in [-0.15, -0.1) is 0 Å². The first-order valence-corrected chi connectivity index (χ1v) is 9.89. The lowest BCUT2D eigenvalue weighted by molar-refractivity contribution is -0.139. The summed E-state index contributed by atoms with van der Waals surface area (Å²) >= 11 is 0. The molecule has 0 atom stereocenters. The van der Waals surface area contributed by atoms with Gasteiger partial charge in [-0.05, 0) is 59.0 Å². The Morgan fingerprint density at radius 1 is 1.13 bits per heavy atom. The number of carbonyl (C=O) groups is 1. The van der Waals surface area contributed by atoms with Crippen LogP contribution >= 0.6 is 0 Å². The number of methoxy groups -OCH3 is 1. The van der Waals surface area contributed by atoms with Crippen molar-refractivity contribution in [3.63, 3.8) is 0 Å². The van der Waals surface area contributed by atoms with Gasteiger partial charge in [0.05, 0.1) is 32.7 Å². The van der Waals surface area contributed by atoms with Crippen molar-refractivity contribution in [1.82, 2.24) is 0 Å². The summed E-state index contributed by atoms with van der Waals surface area (Å²) in [5.74, 6) is 0.341. The maximum atomic E-state index is 13.1. The van der Waals surface area contributed by atoms with Crippen LogP contribution in [0.5, 0.6) is 0 Å². The minimum absolute atomic E-state index is 0.0538. The van der Waals surface area contributed by atoms with Gasteiger partial charge >= 0.3 is 0 Å². The molecule has 5 nitrogen and oxygen atoms in total. The van der Waals surface area contributed by atoms with Gasteiger partial charge in [-0.1, -0.05) is 24.3 Å². The van der Waals surface area contributed by atoms with E-state index in [2.05, 4.69) is 5.32 Å². The zero-order valence-electron chi connectivity index (χ0n) is 16.8. The first kappa shape index (κ1) is 20.3. The van der Waals surface area contributed by atoms with E-state index in [-0.39, 0.29) is 18.3 Å². The molecule has 0 saturated carbocycles. The summed E-state index contributed by atoms with van der Waals surface area (Å²) < 4.78 is 23.8. The van der Waals surface area contributed by atoms with Crippen molar-refractivity contribution in [3.8, 4) is 0 Å². The largest absolute Gasteiger partial charge is 0.501 e. The van der Waals surface area contributed by atoms with Crippen LogP contribution in [0.3, 0.4) is 0 Å². The summed E-state index contributed by atoms with van der Waals surface area (Å²) in [5, 5.41) is 12.6. The Hall–Kier alpha value is -2.96. The van der Waals surface area contributed by atoms with Crippen LogP contribution < -0.4 is 5.32 Å². The van der Waals surface area contributed by atoms with Crippen LogP contribution in [0.4, 0.5) is 10.1 Å². The minimum Gasteiger partial charge on any atom is -0.501 e. The van der Waals surface area contributed by atoms with Crippen LogP contribution in [-0.2, 0) is 19.7 Å². The van der Waals surface area contributed by atoms with E-state index < -0.39 is 5.41 Å². The van der Waals surface area contributed by atoms with E-state index in [1.807, 2.05) is 30.3 Å². The number of carbonyl (C=O) groups excluding carboxylic acids is 1. The van der Waals surface area contributed by atoms with Gasteiger partial charge < -0.3 is 19.9 Å². The normalized spacial score (nSPS) is 17.8. The number of ether oxygens (including phenoxy) is 2. The molecule has 0 aromatic heterocycles. The molecule has 6 heteroatoms. The topological polar surface area (TPSA) is 67.8 Å². The van der Waals surface area contributed by atoms with Crippen molar-refractivity contribution in [2.24, 2.45) is 0 Å². The molecule has 1 heterocycles. The van der Waals surface area contributed by atoms with Crippen LogP contribution in [0.1, 0.15) is 24.0 Å². The Balaban J connectivity index is 1.58. The van der Waals surface area contributed by atoms with Gasteiger partial charge in [0, 0.05) is 12.1 Å². The zero-order valence-corrected chi connectivity index (χ0v) is 16.8. The number of anilines is 1. The Bertz CT molecular complexity index is 989. The lowest BCUT2D eigenvalue weighted by atomic mass is 9.77. The molecule has 1 saturated heterocycles. The molecule has 1 aliphatic heterocycles. The summed E-state index contributed by atoms with van der Waals surface area (Å²) in [6, 6.07) is 13.6. The number of hydrogen-bond acceptors (Lipinski definition) is 4. The van der Waals surface area contributed by atoms with Gasteiger partial charge in [-0.2, -0.15) is 0 Å². The van der Waals surface area contributed by atoms with E-state index in [4.69, 9.17) is 9.47 Å². The lowest BCUT2D eigenvalue weighted by Gasteiger charge is -2.40. The summed E-state index contributed by atoms with van der Waals surface area (Å²) in [6.45, 7) is 0.537. The molecule has 1 aliphatic carbocycles. The third-order valence-corrected chi connectivity index (χ3v) is 5.80. The third-order valence-electron chi connectivity index (χ3n) is 5.80. The molecule has 1 fully saturated rings. The second kappa shape index (κ2) is 8.42. The minimum atomic E-state index is -0.767. The average molecular weight is 409 g/mol. The Morgan fingerprint density at radius 2 is 1.83 bits per heavy atom. The highest BCUT2D eigenvalue weighted by molar-refractivity contribution is 6.00. The van der Waals surface area contributed by atoms with Gasteiger partial charge in [0.1, 0.15) is 11.2 Å². The van der Waals surface area contributed by atoms with Crippen molar-refractivity contribution in [3.05, 3.63) is 82.9 Å². The van der Waals surface area contributed by atoms with E-state index in [0.717, 1.165) is 40.9 Å². The van der Waals surface area contributed by atoms with E-state index in [1.54, 1.807) is 7.11 Å². The predicted octanol–water partition coefficient (Wildman–Crippen LogP) is 3.80. The van der Waals surface area contributed by atoms with Gasteiger partial charge in [0.25, 0.3) is 0 Å². The van der Waals surface area contributed by atoms with Crippen LogP contribution in [0.2, 0.25) is 0 Å². The second-order valence-electron chi connectivity index (χ2n) is 7.59. The van der Waals surface area contributed by atoms with E-state index in [0.29, 0.717) is 18.9 Å². The fraction of sp³-hybridized carbons (Fsp3) is 0.292. The van der Waals surface area contributed by atoms with Crippen LogP contribution in [-0.4, -0.2) is 37.9 Å². The van der Waals surface area contributed by atoms with Gasteiger partial charge in [-0.3, -0.25) is 4.79 Å². The van der Waals surface area contributed by atoms with Crippen LogP contribution in [0.25, 0.3) is 5.57 Å². The van der Waals surface area contributed by atoms with Crippen molar-refractivity contribution >= 4 is 17.2 Å². The number of amides is 1. The monoisotopic (exact) mass is 409 g/mol. The molecule has 4 rings (SSSR count). The number of aliphatic hydroxyl groups is 1. The molecular formula is C24H24FNO4. The van der Waals surface area contributed by atoms with Crippen molar-refractivity contribution in [2.75, 3.05) is 32.2 Å². The molecule has 0 bridgehead atoms. The maximum absolute atomic E-state index is 13.1. The molecule has 2 aromatic carbocycles. The Labute approximate surface area is 174 Å². The Morgan fingerprint density at radius 3 is 2.40 bits per heavy atom. The molecule has 156 valence electrons. The summed E-state index contributed by atoms with van der Waals surface area (Å²) in [4.78, 5) is 13.0. The highest BCUT2D eigenvalue weighted by atomic mass is 19.1.